The summed E-state index contributed by atoms with van der Waals surface area (Å²) in [5.41, 5.74) is 3.35. The molecule has 0 atom stereocenters. The topological polar surface area (TPSA) is 65.2 Å². The van der Waals surface area contributed by atoms with E-state index in [4.69, 9.17) is 0 Å². The predicted molar refractivity (Wildman–Crippen MR) is 80.6 cm³/mol. The molecule has 0 aliphatic rings. The third-order valence-corrected chi connectivity index (χ3v) is 2.92. The number of rotatable bonds is 3. The Balaban J connectivity index is 2.19. The Hall–Kier alpha value is -2.62. The van der Waals surface area contributed by atoms with Crippen LogP contribution in [0.15, 0.2) is 58.7 Å². The van der Waals surface area contributed by atoms with Gasteiger partial charge in [0.25, 0.3) is 0 Å². The Morgan fingerprint density at radius 1 is 0.650 bits per heavy atom. The summed E-state index contributed by atoms with van der Waals surface area (Å²) < 4.78 is 0. The minimum atomic E-state index is 0.227. The number of phenolic OH excluding ortho intramolecular Hbond substituents is 2. The van der Waals surface area contributed by atoms with Crippen molar-refractivity contribution in [1.82, 2.24) is 0 Å². The molecule has 0 bridgehead atoms. The molecule has 2 rings (SSSR count). The van der Waals surface area contributed by atoms with E-state index < -0.39 is 0 Å². The summed E-state index contributed by atoms with van der Waals surface area (Å²) in [6, 6.07) is 13.6. The van der Waals surface area contributed by atoms with Crippen molar-refractivity contribution in [3.05, 3.63) is 59.7 Å². The second-order valence-electron chi connectivity index (χ2n) is 4.46. The van der Waals surface area contributed by atoms with Gasteiger partial charge in [-0.1, -0.05) is 0 Å². The van der Waals surface area contributed by atoms with E-state index in [0.717, 1.165) is 22.6 Å². The van der Waals surface area contributed by atoms with Crippen LogP contribution < -0.4 is 0 Å². The molecule has 20 heavy (non-hydrogen) atoms. The van der Waals surface area contributed by atoms with Gasteiger partial charge in [-0.3, -0.25) is 0 Å². The van der Waals surface area contributed by atoms with Crippen LogP contribution >= 0.6 is 0 Å². The van der Waals surface area contributed by atoms with E-state index in [-0.39, 0.29) is 11.5 Å². The third kappa shape index (κ3) is 3.45. The Morgan fingerprint density at radius 2 is 0.950 bits per heavy atom. The molecule has 0 saturated carbocycles. The maximum absolute atomic E-state index is 9.24. The van der Waals surface area contributed by atoms with Crippen molar-refractivity contribution >= 4 is 11.4 Å². The molecule has 0 amide bonds. The first-order valence-electron chi connectivity index (χ1n) is 6.24. The fraction of sp³-hybridized carbons (Fsp3) is 0.125. The highest BCUT2D eigenvalue weighted by Crippen LogP contribution is 2.12. The van der Waals surface area contributed by atoms with Crippen molar-refractivity contribution in [1.29, 1.82) is 0 Å². The zero-order valence-electron chi connectivity index (χ0n) is 11.4. The number of benzene rings is 2. The molecule has 2 aromatic rings. The lowest BCUT2D eigenvalue weighted by Gasteiger charge is -2.01. The van der Waals surface area contributed by atoms with Gasteiger partial charge in [0.15, 0.2) is 0 Å². The molecule has 0 aliphatic carbocycles. The van der Waals surface area contributed by atoms with Gasteiger partial charge in [0, 0.05) is 0 Å². The lowest BCUT2D eigenvalue weighted by Crippen LogP contribution is -1.96. The van der Waals surface area contributed by atoms with Gasteiger partial charge in [-0.15, -0.1) is 0 Å². The minimum absolute atomic E-state index is 0.227. The summed E-state index contributed by atoms with van der Waals surface area (Å²) >= 11 is 0. The standard InChI is InChI=1S/C16H16N2O2/c1-11(13-3-7-15(19)8-4-13)17-18-12(2)14-5-9-16(20)10-6-14/h3-10,19-20H,1-2H3/b17-11+,18-12+. The van der Waals surface area contributed by atoms with Crippen LogP contribution in [-0.2, 0) is 0 Å². The Labute approximate surface area is 117 Å². The fourth-order valence-electron chi connectivity index (χ4n) is 1.67. The third-order valence-electron chi connectivity index (χ3n) is 2.92. The lowest BCUT2D eigenvalue weighted by molar-refractivity contribution is 0.474. The monoisotopic (exact) mass is 268 g/mol. The van der Waals surface area contributed by atoms with Gasteiger partial charge in [0.05, 0.1) is 11.4 Å². The second-order valence-corrected chi connectivity index (χ2v) is 4.46. The normalized spacial score (nSPS) is 12.5. The fourth-order valence-corrected chi connectivity index (χ4v) is 1.67. The lowest BCUT2D eigenvalue weighted by atomic mass is 10.1. The average molecular weight is 268 g/mol. The van der Waals surface area contributed by atoms with Crippen LogP contribution in [0, 0.1) is 0 Å². The predicted octanol–water partition coefficient (Wildman–Crippen LogP) is 3.33. The minimum Gasteiger partial charge on any atom is -0.508 e. The number of hydrogen-bond donors (Lipinski definition) is 2. The van der Waals surface area contributed by atoms with Gasteiger partial charge < -0.3 is 10.2 Å². The van der Waals surface area contributed by atoms with E-state index in [0.29, 0.717) is 0 Å². The average Bonchev–Trinajstić information content (AvgIpc) is 2.46. The van der Waals surface area contributed by atoms with Crippen molar-refractivity contribution in [2.75, 3.05) is 0 Å². The molecule has 0 fully saturated rings. The SMILES string of the molecule is C/C(=N\N=C(/C)c1ccc(O)cc1)c1ccc(O)cc1. The van der Waals surface area contributed by atoms with Gasteiger partial charge in [-0.05, 0) is 73.5 Å². The molecule has 0 saturated heterocycles. The molecule has 2 N–H and O–H groups in total. The van der Waals surface area contributed by atoms with Gasteiger partial charge in [-0.25, -0.2) is 0 Å². The number of phenols is 2. The first-order chi connectivity index (χ1) is 9.56. The highest BCUT2D eigenvalue weighted by atomic mass is 16.3. The quantitative estimate of drug-likeness (QED) is 0.662. The van der Waals surface area contributed by atoms with Crippen LogP contribution in [0.4, 0.5) is 0 Å². The van der Waals surface area contributed by atoms with E-state index >= 15 is 0 Å². The van der Waals surface area contributed by atoms with Crippen molar-refractivity contribution < 1.29 is 10.2 Å². The molecule has 0 heterocycles. The molecule has 0 aromatic heterocycles. The Morgan fingerprint density at radius 3 is 1.25 bits per heavy atom. The maximum Gasteiger partial charge on any atom is 0.115 e. The first kappa shape index (κ1) is 13.8. The zero-order valence-corrected chi connectivity index (χ0v) is 11.4. The summed E-state index contributed by atoms with van der Waals surface area (Å²) in [5, 5.41) is 26.8. The van der Waals surface area contributed by atoms with Crippen LogP contribution in [0.25, 0.3) is 0 Å². The largest absolute Gasteiger partial charge is 0.508 e. The molecule has 0 unspecified atom stereocenters. The number of nitrogens with zero attached hydrogens (tertiary/aromatic N) is 2. The number of hydrogen-bond acceptors (Lipinski definition) is 4. The molecular weight excluding hydrogens is 252 g/mol. The Bertz CT molecular complexity index is 582. The second kappa shape index (κ2) is 6.02. The smallest absolute Gasteiger partial charge is 0.115 e. The molecule has 0 radical (unpaired) electrons. The molecule has 102 valence electrons. The highest BCUT2D eigenvalue weighted by molar-refractivity contribution is 6.01. The van der Waals surface area contributed by atoms with E-state index in [1.807, 2.05) is 13.8 Å². The summed E-state index contributed by atoms with van der Waals surface area (Å²) in [5.74, 6) is 0.454. The molecular formula is C16H16N2O2. The van der Waals surface area contributed by atoms with Crippen LogP contribution in [-0.4, -0.2) is 21.6 Å². The van der Waals surface area contributed by atoms with E-state index in [9.17, 15) is 10.2 Å². The maximum atomic E-state index is 9.24. The molecule has 0 aliphatic heterocycles. The van der Waals surface area contributed by atoms with E-state index in [1.54, 1.807) is 48.5 Å². The van der Waals surface area contributed by atoms with Crippen molar-refractivity contribution in [3.8, 4) is 11.5 Å². The zero-order chi connectivity index (χ0) is 14.5. The summed E-state index contributed by atoms with van der Waals surface area (Å²) in [7, 11) is 0. The van der Waals surface area contributed by atoms with Crippen LogP contribution in [0.1, 0.15) is 25.0 Å². The van der Waals surface area contributed by atoms with Crippen LogP contribution in [0.3, 0.4) is 0 Å². The molecule has 0 spiro atoms. The van der Waals surface area contributed by atoms with E-state index in [1.165, 1.54) is 0 Å². The van der Waals surface area contributed by atoms with Crippen molar-refractivity contribution in [2.24, 2.45) is 10.2 Å². The molecule has 2 aromatic carbocycles. The van der Waals surface area contributed by atoms with Gasteiger partial charge in [0.2, 0.25) is 0 Å². The van der Waals surface area contributed by atoms with Crippen molar-refractivity contribution in [2.45, 2.75) is 13.8 Å². The first-order valence-corrected chi connectivity index (χ1v) is 6.24. The highest BCUT2D eigenvalue weighted by Gasteiger charge is 1.99. The summed E-state index contributed by atoms with van der Waals surface area (Å²) in [4.78, 5) is 0. The number of aromatic hydroxyl groups is 2. The van der Waals surface area contributed by atoms with E-state index in [2.05, 4.69) is 10.2 Å². The summed E-state index contributed by atoms with van der Waals surface area (Å²) in [6.07, 6.45) is 0. The Kier molecular flexibility index (Phi) is 4.15. The molecule has 4 heteroatoms. The van der Waals surface area contributed by atoms with Crippen LogP contribution in [0.2, 0.25) is 0 Å². The van der Waals surface area contributed by atoms with Gasteiger partial charge in [0.1, 0.15) is 11.5 Å². The molecule has 4 nitrogen and oxygen atoms in total. The van der Waals surface area contributed by atoms with Gasteiger partial charge in [-0.2, -0.15) is 10.2 Å². The van der Waals surface area contributed by atoms with Gasteiger partial charge >= 0.3 is 0 Å². The van der Waals surface area contributed by atoms with Crippen LogP contribution in [0.5, 0.6) is 11.5 Å². The summed E-state index contributed by atoms with van der Waals surface area (Å²) in [6.45, 7) is 3.72. The van der Waals surface area contributed by atoms with Crippen molar-refractivity contribution in [3.63, 3.8) is 0 Å².